The molecule has 1 unspecified atom stereocenters. The maximum absolute atomic E-state index is 11.0. The normalized spacial score (nSPS) is 16.4. The van der Waals surface area contributed by atoms with Crippen molar-refractivity contribution in [2.75, 3.05) is 11.4 Å². The van der Waals surface area contributed by atoms with Crippen LogP contribution < -0.4 is 4.90 Å². The number of aromatic nitrogens is 4. The molecule has 0 bridgehead atoms. The van der Waals surface area contributed by atoms with Gasteiger partial charge in [-0.05, 0) is 25.8 Å². The molecule has 3 heterocycles. The third kappa shape index (κ3) is 5.41. The van der Waals surface area contributed by atoms with Crippen molar-refractivity contribution in [1.29, 1.82) is 0 Å². The second-order valence-corrected chi connectivity index (χ2v) is 5.97. The minimum atomic E-state index is -5.08. The number of carbonyl (C=O) groups is 2. The summed E-state index contributed by atoms with van der Waals surface area (Å²) in [5, 5.41) is 16.2. The molecule has 1 atom stereocenters. The number of anilines is 1. The molecule has 0 saturated carbocycles. The van der Waals surface area contributed by atoms with Gasteiger partial charge in [-0.3, -0.25) is 0 Å². The fourth-order valence-electron chi connectivity index (χ4n) is 2.72. The van der Waals surface area contributed by atoms with Crippen LogP contribution in [0.1, 0.15) is 29.2 Å². The summed E-state index contributed by atoms with van der Waals surface area (Å²) in [4.78, 5) is 34.6. The smallest absolute Gasteiger partial charge is 0.477 e. The molecule has 28 heavy (non-hydrogen) atoms. The Morgan fingerprint density at radius 1 is 1.25 bits per heavy atom. The molecular formula is C16H18F3N5O4. The first-order chi connectivity index (χ1) is 13.1. The van der Waals surface area contributed by atoms with Gasteiger partial charge in [0.2, 0.25) is 5.95 Å². The summed E-state index contributed by atoms with van der Waals surface area (Å²) in [6, 6.07) is 1.68. The van der Waals surface area contributed by atoms with E-state index in [-0.39, 0.29) is 11.7 Å². The molecule has 2 aromatic rings. The molecule has 0 spiro atoms. The van der Waals surface area contributed by atoms with E-state index >= 15 is 0 Å². The number of aromatic carboxylic acids is 1. The van der Waals surface area contributed by atoms with Gasteiger partial charge in [-0.2, -0.15) is 13.2 Å². The summed E-state index contributed by atoms with van der Waals surface area (Å²) in [6.45, 7) is 3.63. The number of aliphatic carboxylic acids is 1. The molecule has 1 aliphatic heterocycles. The van der Waals surface area contributed by atoms with Gasteiger partial charge in [0.1, 0.15) is 5.82 Å². The molecule has 3 rings (SSSR count). The fourth-order valence-corrected chi connectivity index (χ4v) is 2.72. The first-order valence-corrected chi connectivity index (χ1v) is 8.20. The van der Waals surface area contributed by atoms with Crippen molar-refractivity contribution >= 4 is 17.9 Å². The Labute approximate surface area is 157 Å². The average Bonchev–Trinajstić information content (AvgIpc) is 3.24. The molecule has 152 valence electrons. The summed E-state index contributed by atoms with van der Waals surface area (Å²) >= 11 is 0. The zero-order valence-corrected chi connectivity index (χ0v) is 14.8. The average molecular weight is 401 g/mol. The number of imidazole rings is 1. The lowest BCUT2D eigenvalue weighted by molar-refractivity contribution is -0.192. The summed E-state index contributed by atoms with van der Waals surface area (Å²) in [6.07, 6.45) is 2.26. The van der Waals surface area contributed by atoms with Crippen LogP contribution in [0.4, 0.5) is 19.1 Å². The van der Waals surface area contributed by atoms with Gasteiger partial charge in [-0.1, -0.05) is 0 Å². The summed E-state index contributed by atoms with van der Waals surface area (Å²) < 4.78 is 33.8. The van der Waals surface area contributed by atoms with Crippen molar-refractivity contribution in [3.8, 4) is 0 Å². The van der Waals surface area contributed by atoms with E-state index in [0.717, 1.165) is 31.8 Å². The minimum Gasteiger partial charge on any atom is -0.477 e. The van der Waals surface area contributed by atoms with Gasteiger partial charge in [-0.25, -0.2) is 24.5 Å². The van der Waals surface area contributed by atoms with Gasteiger partial charge in [-0.15, -0.1) is 0 Å². The van der Waals surface area contributed by atoms with Crippen LogP contribution in [0.3, 0.4) is 0 Å². The second kappa shape index (κ2) is 8.67. The maximum atomic E-state index is 11.0. The molecule has 1 fully saturated rings. The fraction of sp³-hybridized carbons (Fsp3) is 0.438. The highest BCUT2D eigenvalue weighted by molar-refractivity contribution is 5.85. The van der Waals surface area contributed by atoms with E-state index in [1.807, 2.05) is 13.1 Å². The molecule has 0 aliphatic carbocycles. The predicted octanol–water partition coefficient (Wildman–Crippen LogP) is 1.98. The van der Waals surface area contributed by atoms with Crippen molar-refractivity contribution in [3.05, 3.63) is 36.2 Å². The highest BCUT2D eigenvalue weighted by Gasteiger charge is 2.38. The van der Waals surface area contributed by atoms with Crippen LogP contribution in [-0.2, 0) is 11.3 Å². The molecule has 1 aliphatic rings. The van der Waals surface area contributed by atoms with E-state index in [4.69, 9.17) is 15.0 Å². The molecule has 0 radical (unpaired) electrons. The SMILES string of the molecule is Cc1nccn1CC1CCCN1c1nccc(C(=O)O)n1.O=C(O)C(F)(F)F. The number of carboxylic acid groups (broad SMARTS) is 2. The first kappa shape index (κ1) is 21.1. The van der Waals surface area contributed by atoms with Crippen molar-refractivity contribution < 1.29 is 33.0 Å². The summed E-state index contributed by atoms with van der Waals surface area (Å²) in [5.74, 6) is -2.32. The molecule has 2 N–H and O–H groups in total. The minimum absolute atomic E-state index is 0.0319. The van der Waals surface area contributed by atoms with E-state index in [1.54, 1.807) is 6.20 Å². The van der Waals surface area contributed by atoms with Crippen LogP contribution in [0.2, 0.25) is 0 Å². The van der Waals surface area contributed by atoms with Crippen molar-refractivity contribution in [3.63, 3.8) is 0 Å². The van der Waals surface area contributed by atoms with E-state index in [0.29, 0.717) is 5.95 Å². The lowest BCUT2D eigenvalue weighted by Crippen LogP contribution is -2.34. The number of halogens is 3. The Balaban J connectivity index is 0.000000345. The number of nitrogens with zero attached hydrogens (tertiary/aromatic N) is 5. The number of alkyl halides is 3. The highest BCUT2D eigenvalue weighted by Crippen LogP contribution is 2.24. The Kier molecular flexibility index (Phi) is 6.54. The van der Waals surface area contributed by atoms with Gasteiger partial charge in [0.05, 0.1) is 0 Å². The number of carboxylic acids is 2. The first-order valence-electron chi connectivity index (χ1n) is 8.20. The lowest BCUT2D eigenvalue weighted by Gasteiger charge is -2.25. The van der Waals surface area contributed by atoms with E-state index in [9.17, 15) is 18.0 Å². The van der Waals surface area contributed by atoms with Crippen LogP contribution in [0.15, 0.2) is 24.7 Å². The van der Waals surface area contributed by atoms with Crippen LogP contribution in [-0.4, -0.2) is 60.4 Å². The van der Waals surface area contributed by atoms with E-state index < -0.39 is 18.1 Å². The zero-order chi connectivity index (χ0) is 20.9. The van der Waals surface area contributed by atoms with Crippen LogP contribution in [0, 0.1) is 6.92 Å². The van der Waals surface area contributed by atoms with Crippen molar-refractivity contribution in [1.82, 2.24) is 19.5 Å². The summed E-state index contributed by atoms with van der Waals surface area (Å²) in [5.41, 5.74) is 0.0319. The van der Waals surface area contributed by atoms with Gasteiger partial charge in [0.15, 0.2) is 5.69 Å². The largest absolute Gasteiger partial charge is 0.490 e. The molecule has 1 saturated heterocycles. The maximum Gasteiger partial charge on any atom is 0.490 e. The number of rotatable bonds is 4. The highest BCUT2D eigenvalue weighted by atomic mass is 19.4. The standard InChI is InChI=1S/C14H17N5O2.C2HF3O2/c1-10-15-6-8-18(10)9-11-3-2-7-19(11)14-16-5-4-12(17-14)13(20)21;3-2(4,5)1(6)7/h4-6,8,11H,2-3,7,9H2,1H3,(H,20,21);(H,6,7). The van der Waals surface area contributed by atoms with Crippen molar-refractivity contribution in [2.24, 2.45) is 0 Å². The van der Waals surface area contributed by atoms with E-state index in [2.05, 4.69) is 24.4 Å². The topological polar surface area (TPSA) is 121 Å². The van der Waals surface area contributed by atoms with Gasteiger partial charge in [0, 0.05) is 37.7 Å². The molecular weight excluding hydrogens is 383 g/mol. The number of hydrogen-bond donors (Lipinski definition) is 2. The Bertz CT molecular complexity index is 840. The molecule has 0 aromatic carbocycles. The molecule has 0 amide bonds. The van der Waals surface area contributed by atoms with Gasteiger partial charge in [0.25, 0.3) is 0 Å². The Morgan fingerprint density at radius 2 is 1.93 bits per heavy atom. The lowest BCUT2D eigenvalue weighted by atomic mass is 10.2. The van der Waals surface area contributed by atoms with Gasteiger partial charge < -0.3 is 19.7 Å². The third-order valence-electron chi connectivity index (χ3n) is 4.07. The van der Waals surface area contributed by atoms with Crippen LogP contribution in [0.5, 0.6) is 0 Å². The molecule has 2 aromatic heterocycles. The summed E-state index contributed by atoms with van der Waals surface area (Å²) in [7, 11) is 0. The third-order valence-corrected chi connectivity index (χ3v) is 4.07. The Hall–Kier alpha value is -3.18. The number of hydrogen-bond acceptors (Lipinski definition) is 6. The van der Waals surface area contributed by atoms with Crippen LogP contribution in [0.25, 0.3) is 0 Å². The quantitative estimate of drug-likeness (QED) is 0.798. The Morgan fingerprint density at radius 3 is 2.46 bits per heavy atom. The number of aryl methyl sites for hydroxylation is 1. The van der Waals surface area contributed by atoms with Crippen molar-refractivity contribution in [2.45, 2.75) is 38.5 Å². The monoisotopic (exact) mass is 401 g/mol. The van der Waals surface area contributed by atoms with Gasteiger partial charge >= 0.3 is 18.1 Å². The molecule has 12 heteroatoms. The van der Waals surface area contributed by atoms with Crippen LogP contribution >= 0.6 is 0 Å². The predicted molar refractivity (Wildman–Crippen MR) is 90.0 cm³/mol. The van der Waals surface area contributed by atoms with E-state index in [1.165, 1.54) is 12.3 Å². The zero-order valence-electron chi connectivity index (χ0n) is 14.8. The molecule has 9 nitrogen and oxygen atoms in total. The second-order valence-electron chi connectivity index (χ2n) is 5.97.